The van der Waals surface area contributed by atoms with Crippen molar-refractivity contribution < 1.29 is 10.3 Å². The topological polar surface area (TPSA) is 96.1 Å². The third-order valence-electron chi connectivity index (χ3n) is 4.90. The first-order valence-electron chi connectivity index (χ1n) is 8.27. The maximum absolute atomic E-state index is 10.2. The second kappa shape index (κ2) is 5.67. The summed E-state index contributed by atoms with van der Waals surface area (Å²) in [6.07, 6.45) is 1.39. The van der Waals surface area contributed by atoms with Crippen molar-refractivity contribution in [2.75, 3.05) is 5.48 Å². The van der Waals surface area contributed by atoms with Crippen LogP contribution in [0.25, 0.3) is 27.8 Å². The number of nitrogens with one attached hydrogen (secondary N) is 1. The minimum Gasteiger partial charge on any atom is -0.508 e. The standard InChI is InChI=1S/C19H19N5O2/c1-9-5-6-14(25)11(3)16(9)24-18-13(7-10(2)12(4)22-18)15-17(23-26)20-8-21-19(15)24/h5-8,25-26H,1-4H3,(H,20,21,23). The Kier molecular flexibility index (Phi) is 3.55. The molecule has 132 valence electrons. The highest BCUT2D eigenvalue weighted by Crippen LogP contribution is 2.37. The second-order valence-electron chi connectivity index (χ2n) is 6.51. The van der Waals surface area contributed by atoms with Crippen LogP contribution in [0.4, 0.5) is 5.82 Å². The molecule has 7 nitrogen and oxygen atoms in total. The van der Waals surface area contributed by atoms with E-state index in [2.05, 4.69) is 15.4 Å². The summed E-state index contributed by atoms with van der Waals surface area (Å²) in [7, 11) is 0. The molecule has 1 aromatic carbocycles. The van der Waals surface area contributed by atoms with E-state index in [9.17, 15) is 10.3 Å². The van der Waals surface area contributed by atoms with E-state index in [0.717, 1.165) is 33.5 Å². The van der Waals surface area contributed by atoms with Gasteiger partial charge < -0.3 is 5.11 Å². The van der Waals surface area contributed by atoms with Gasteiger partial charge in [-0.2, -0.15) is 0 Å². The summed E-state index contributed by atoms with van der Waals surface area (Å²) in [5.41, 5.74) is 7.96. The van der Waals surface area contributed by atoms with Crippen LogP contribution in [0.5, 0.6) is 5.75 Å². The van der Waals surface area contributed by atoms with E-state index < -0.39 is 0 Å². The molecular weight excluding hydrogens is 330 g/mol. The first-order valence-corrected chi connectivity index (χ1v) is 8.27. The number of aromatic nitrogens is 4. The van der Waals surface area contributed by atoms with Gasteiger partial charge in [-0.15, -0.1) is 0 Å². The first-order chi connectivity index (χ1) is 12.4. The zero-order chi connectivity index (χ0) is 18.6. The molecule has 26 heavy (non-hydrogen) atoms. The largest absolute Gasteiger partial charge is 0.508 e. The van der Waals surface area contributed by atoms with Crippen LogP contribution in [-0.4, -0.2) is 29.8 Å². The summed E-state index contributed by atoms with van der Waals surface area (Å²) in [6, 6.07) is 5.57. The SMILES string of the molecule is Cc1cc2c3c(NO)ncnc3n(-c3c(C)ccc(O)c3C)c2nc1C. The molecule has 3 N–H and O–H groups in total. The van der Waals surface area contributed by atoms with Crippen LogP contribution in [0.3, 0.4) is 0 Å². The van der Waals surface area contributed by atoms with Crippen molar-refractivity contribution in [3.63, 3.8) is 0 Å². The molecule has 0 fully saturated rings. The van der Waals surface area contributed by atoms with Crippen molar-refractivity contribution in [2.45, 2.75) is 27.7 Å². The van der Waals surface area contributed by atoms with Gasteiger partial charge in [0.25, 0.3) is 0 Å². The maximum Gasteiger partial charge on any atom is 0.163 e. The molecule has 0 atom stereocenters. The summed E-state index contributed by atoms with van der Waals surface area (Å²) in [5.74, 6) is 0.526. The minimum absolute atomic E-state index is 0.207. The number of aromatic hydroxyl groups is 1. The number of rotatable bonds is 2. The van der Waals surface area contributed by atoms with E-state index >= 15 is 0 Å². The van der Waals surface area contributed by atoms with E-state index in [0.29, 0.717) is 22.5 Å². The number of hydrogen-bond acceptors (Lipinski definition) is 6. The van der Waals surface area contributed by atoms with Gasteiger partial charge in [0.15, 0.2) is 11.5 Å². The molecule has 0 saturated heterocycles. The third-order valence-corrected chi connectivity index (χ3v) is 4.90. The van der Waals surface area contributed by atoms with Crippen LogP contribution in [0, 0.1) is 27.7 Å². The fourth-order valence-corrected chi connectivity index (χ4v) is 3.41. The monoisotopic (exact) mass is 349 g/mol. The predicted molar refractivity (Wildman–Crippen MR) is 100 cm³/mol. The van der Waals surface area contributed by atoms with E-state index in [1.807, 2.05) is 44.4 Å². The quantitative estimate of drug-likeness (QED) is 0.478. The van der Waals surface area contributed by atoms with Crippen molar-refractivity contribution in [1.29, 1.82) is 0 Å². The Hall–Kier alpha value is -3.19. The summed E-state index contributed by atoms with van der Waals surface area (Å²) in [4.78, 5) is 13.4. The van der Waals surface area contributed by atoms with Crippen LogP contribution in [0.2, 0.25) is 0 Å². The lowest BCUT2D eigenvalue weighted by molar-refractivity contribution is 0.387. The lowest BCUT2D eigenvalue weighted by atomic mass is 10.1. The molecular formula is C19H19N5O2. The Morgan fingerprint density at radius 3 is 2.50 bits per heavy atom. The highest BCUT2D eigenvalue weighted by molar-refractivity contribution is 6.11. The molecule has 0 spiro atoms. The van der Waals surface area contributed by atoms with Gasteiger partial charge in [-0.3, -0.25) is 15.3 Å². The highest BCUT2D eigenvalue weighted by atomic mass is 16.5. The fourth-order valence-electron chi connectivity index (χ4n) is 3.41. The smallest absolute Gasteiger partial charge is 0.163 e. The average Bonchev–Trinajstić information content (AvgIpc) is 2.93. The molecule has 0 bridgehead atoms. The van der Waals surface area contributed by atoms with Gasteiger partial charge >= 0.3 is 0 Å². The van der Waals surface area contributed by atoms with E-state index in [1.54, 1.807) is 6.07 Å². The number of anilines is 1. The molecule has 0 amide bonds. The van der Waals surface area contributed by atoms with Crippen molar-refractivity contribution in [2.24, 2.45) is 0 Å². The summed E-state index contributed by atoms with van der Waals surface area (Å²) in [5, 5.41) is 21.3. The lowest BCUT2D eigenvalue weighted by Crippen LogP contribution is -2.03. The second-order valence-corrected chi connectivity index (χ2v) is 6.51. The number of pyridine rings is 1. The number of phenols is 1. The van der Waals surface area contributed by atoms with Crippen molar-refractivity contribution in [3.05, 3.63) is 46.9 Å². The molecule has 7 heteroatoms. The molecule has 0 unspecified atom stereocenters. The number of benzene rings is 1. The van der Waals surface area contributed by atoms with Crippen LogP contribution < -0.4 is 5.48 Å². The number of aryl methyl sites for hydroxylation is 3. The normalized spacial score (nSPS) is 11.4. The van der Waals surface area contributed by atoms with Crippen molar-refractivity contribution >= 4 is 27.9 Å². The van der Waals surface area contributed by atoms with Crippen LogP contribution in [-0.2, 0) is 0 Å². The molecule has 0 aliphatic rings. The Morgan fingerprint density at radius 1 is 1.00 bits per heavy atom. The molecule has 0 aliphatic carbocycles. The summed E-state index contributed by atoms with van der Waals surface area (Å²) >= 11 is 0. The fraction of sp³-hybridized carbons (Fsp3) is 0.211. The van der Waals surface area contributed by atoms with Crippen LogP contribution >= 0.6 is 0 Å². The third kappa shape index (κ3) is 2.14. The zero-order valence-corrected chi connectivity index (χ0v) is 15.0. The Bertz CT molecular complexity index is 1180. The highest BCUT2D eigenvalue weighted by Gasteiger charge is 2.22. The minimum atomic E-state index is 0.207. The van der Waals surface area contributed by atoms with Gasteiger partial charge in [-0.25, -0.2) is 15.0 Å². The van der Waals surface area contributed by atoms with Crippen molar-refractivity contribution in [3.8, 4) is 11.4 Å². The number of phenolic OH excluding ortho intramolecular Hbond substituents is 1. The van der Waals surface area contributed by atoms with Gasteiger partial charge in [-0.05, 0) is 51.0 Å². The van der Waals surface area contributed by atoms with Gasteiger partial charge in [-0.1, -0.05) is 6.07 Å². The molecule has 4 rings (SSSR count). The number of nitrogens with zero attached hydrogens (tertiary/aromatic N) is 4. The summed E-state index contributed by atoms with van der Waals surface area (Å²) in [6.45, 7) is 7.79. The van der Waals surface area contributed by atoms with E-state index in [1.165, 1.54) is 6.33 Å². The average molecular weight is 349 g/mol. The molecule has 3 heterocycles. The molecule has 0 saturated carbocycles. The lowest BCUT2D eigenvalue weighted by Gasteiger charge is -2.14. The predicted octanol–water partition coefficient (Wildman–Crippen LogP) is 3.71. The molecule has 0 aliphatic heterocycles. The molecule has 3 aromatic heterocycles. The van der Waals surface area contributed by atoms with Crippen molar-refractivity contribution in [1.82, 2.24) is 19.5 Å². The maximum atomic E-state index is 10.2. The van der Waals surface area contributed by atoms with E-state index in [-0.39, 0.29) is 5.75 Å². The number of fused-ring (bicyclic) bond motifs is 3. The Morgan fingerprint density at radius 2 is 1.77 bits per heavy atom. The van der Waals surface area contributed by atoms with Gasteiger partial charge in [0, 0.05) is 16.6 Å². The van der Waals surface area contributed by atoms with Gasteiger partial charge in [0.05, 0.1) is 11.1 Å². The first kappa shape index (κ1) is 16.3. The molecule has 4 aromatic rings. The number of hydrogen-bond donors (Lipinski definition) is 3. The van der Waals surface area contributed by atoms with Crippen LogP contribution in [0.15, 0.2) is 24.5 Å². The van der Waals surface area contributed by atoms with Gasteiger partial charge in [0.1, 0.15) is 17.7 Å². The van der Waals surface area contributed by atoms with Crippen LogP contribution in [0.1, 0.15) is 22.4 Å². The van der Waals surface area contributed by atoms with Gasteiger partial charge in [0.2, 0.25) is 0 Å². The molecule has 0 radical (unpaired) electrons. The summed E-state index contributed by atoms with van der Waals surface area (Å²) < 4.78 is 1.92. The zero-order valence-electron chi connectivity index (χ0n) is 15.0. The van der Waals surface area contributed by atoms with E-state index in [4.69, 9.17) is 4.98 Å². The Balaban J connectivity index is 2.29. The Labute approximate surface area is 149 Å².